The molecule has 0 radical (unpaired) electrons. The van der Waals surface area contributed by atoms with Crippen molar-refractivity contribution >= 4 is 75.3 Å². The van der Waals surface area contributed by atoms with Gasteiger partial charge in [-0.05, 0) is 70.8 Å². The van der Waals surface area contributed by atoms with Crippen molar-refractivity contribution in [3.05, 3.63) is 152 Å². The third kappa shape index (κ3) is 3.68. The van der Waals surface area contributed by atoms with Gasteiger partial charge in [0.25, 0.3) is 0 Å². The molecule has 10 rings (SSSR count). The van der Waals surface area contributed by atoms with Gasteiger partial charge in [0.05, 0.1) is 11.0 Å². The van der Waals surface area contributed by atoms with Crippen LogP contribution in [0.25, 0.3) is 91.9 Å². The Morgan fingerprint density at radius 3 is 2.04 bits per heavy atom. The summed E-state index contributed by atoms with van der Waals surface area (Å²) in [6, 6.07) is 54.8. The first kappa shape index (κ1) is 24.8. The zero-order chi connectivity index (χ0) is 29.5. The van der Waals surface area contributed by atoms with Gasteiger partial charge in [-0.3, -0.25) is 0 Å². The topological polar surface area (TPSA) is 18.1 Å². The predicted octanol–water partition coefficient (Wildman–Crippen LogP) is 12.4. The van der Waals surface area contributed by atoms with Gasteiger partial charge in [0.15, 0.2) is 0 Å². The normalized spacial score (nSPS) is 12.0. The van der Waals surface area contributed by atoms with E-state index in [0.29, 0.717) is 0 Å². The van der Waals surface area contributed by atoms with E-state index in [1.165, 1.54) is 64.2 Å². The number of aromatic nitrogens is 1. The van der Waals surface area contributed by atoms with Crippen LogP contribution in [0.5, 0.6) is 0 Å². The highest BCUT2D eigenvalue weighted by molar-refractivity contribution is 7.26. The van der Waals surface area contributed by atoms with Crippen LogP contribution in [0, 0.1) is 0 Å². The lowest BCUT2D eigenvalue weighted by Crippen LogP contribution is -1.93. The fraction of sp³-hybridized carbons (Fsp3) is 0. The van der Waals surface area contributed by atoms with Crippen LogP contribution in [0.15, 0.2) is 156 Å². The molecule has 0 aliphatic carbocycles. The van der Waals surface area contributed by atoms with E-state index in [0.717, 1.165) is 27.6 Å². The maximum absolute atomic E-state index is 6.07. The van der Waals surface area contributed by atoms with Crippen LogP contribution in [0.4, 0.5) is 0 Å². The van der Waals surface area contributed by atoms with Gasteiger partial charge < -0.3 is 8.98 Å². The first-order chi connectivity index (χ1) is 22.3. The molecule has 0 aliphatic heterocycles. The van der Waals surface area contributed by atoms with Crippen LogP contribution >= 0.6 is 11.3 Å². The molecule has 7 aromatic carbocycles. The second kappa shape index (κ2) is 9.43. The predicted molar refractivity (Wildman–Crippen MR) is 192 cm³/mol. The highest BCUT2D eigenvalue weighted by atomic mass is 32.1. The van der Waals surface area contributed by atoms with Crippen molar-refractivity contribution in [1.82, 2.24) is 4.57 Å². The van der Waals surface area contributed by atoms with Crippen molar-refractivity contribution in [2.24, 2.45) is 0 Å². The molecule has 0 saturated carbocycles. The molecule has 3 aromatic heterocycles. The Morgan fingerprint density at radius 2 is 1.16 bits per heavy atom. The highest BCUT2D eigenvalue weighted by Crippen LogP contribution is 2.44. The Kier molecular flexibility index (Phi) is 5.19. The quantitative estimate of drug-likeness (QED) is 0.200. The third-order valence-corrected chi connectivity index (χ3v) is 10.4. The summed E-state index contributed by atoms with van der Waals surface area (Å²) in [5, 5.41) is 7.48. The number of nitrogens with zero attached hydrogens (tertiary/aromatic N) is 1. The van der Waals surface area contributed by atoms with Gasteiger partial charge in [0, 0.05) is 47.4 Å². The van der Waals surface area contributed by atoms with Crippen molar-refractivity contribution < 1.29 is 4.42 Å². The summed E-state index contributed by atoms with van der Waals surface area (Å²) in [6.07, 6.45) is 0. The molecule has 0 spiro atoms. The Morgan fingerprint density at radius 1 is 0.422 bits per heavy atom. The van der Waals surface area contributed by atoms with Gasteiger partial charge in [-0.2, -0.15) is 0 Å². The largest absolute Gasteiger partial charge is 0.456 e. The van der Waals surface area contributed by atoms with E-state index in [2.05, 4.69) is 144 Å². The maximum atomic E-state index is 6.07. The Hall–Kier alpha value is -5.64. The lowest BCUT2D eigenvalue weighted by Gasteiger charge is -2.10. The minimum Gasteiger partial charge on any atom is -0.456 e. The van der Waals surface area contributed by atoms with Gasteiger partial charge in [0.2, 0.25) is 0 Å². The molecule has 3 heterocycles. The third-order valence-electron chi connectivity index (χ3n) is 9.21. The van der Waals surface area contributed by atoms with E-state index in [9.17, 15) is 0 Å². The fourth-order valence-corrected chi connectivity index (χ4v) is 8.35. The molecular formula is C42H25NOS. The number of hydrogen-bond acceptors (Lipinski definition) is 2. The average Bonchev–Trinajstić information content (AvgIpc) is 3.76. The Bertz CT molecular complexity index is 2740. The summed E-state index contributed by atoms with van der Waals surface area (Å²) in [5.74, 6) is 0. The number of rotatable bonds is 3. The molecule has 10 aromatic rings. The summed E-state index contributed by atoms with van der Waals surface area (Å²) in [4.78, 5) is 0. The van der Waals surface area contributed by atoms with Gasteiger partial charge in [-0.15, -0.1) is 11.3 Å². The Balaban J connectivity index is 1.15. The fourth-order valence-electron chi connectivity index (χ4n) is 7.09. The van der Waals surface area contributed by atoms with E-state index in [1.807, 2.05) is 23.5 Å². The highest BCUT2D eigenvalue weighted by Gasteiger charge is 2.17. The monoisotopic (exact) mass is 591 g/mol. The smallest absolute Gasteiger partial charge is 0.135 e. The molecule has 0 saturated heterocycles. The molecule has 0 atom stereocenters. The molecule has 210 valence electrons. The van der Waals surface area contributed by atoms with E-state index in [-0.39, 0.29) is 0 Å². The van der Waals surface area contributed by atoms with Crippen LogP contribution in [0.3, 0.4) is 0 Å². The molecule has 0 fully saturated rings. The molecule has 3 heteroatoms. The minimum atomic E-state index is 0.921. The van der Waals surface area contributed by atoms with Gasteiger partial charge in [-0.1, -0.05) is 103 Å². The van der Waals surface area contributed by atoms with Crippen molar-refractivity contribution in [3.8, 4) is 27.9 Å². The number of thiophene rings is 1. The summed E-state index contributed by atoms with van der Waals surface area (Å²) >= 11 is 1.90. The Labute approximate surface area is 263 Å². The first-order valence-corrected chi connectivity index (χ1v) is 16.1. The van der Waals surface area contributed by atoms with E-state index < -0.39 is 0 Å². The summed E-state index contributed by atoms with van der Waals surface area (Å²) in [5.41, 5.74) is 10.4. The number of furan rings is 1. The first-order valence-electron chi connectivity index (χ1n) is 15.3. The second-order valence-electron chi connectivity index (χ2n) is 11.7. The average molecular weight is 592 g/mol. The molecular weight excluding hydrogens is 567 g/mol. The van der Waals surface area contributed by atoms with Crippen LogP contribution in [0.1, 0.15) is 0 Å². The molecule has 0 bridgehead atoms. The number of benzene rings is 7. The summed E-state index contributed by atoms with van der Waals surface area (Å²) in [6.45, 7) is 0. The minimum absolute atomic E-state index is 0.921. The van der Waals surface area contributed by atoms with Crippen molar-refractivity contribution in [3.63, 3.8) is 0 Å². The standard InChI is InChI=1S/C42H25NOS/c1-2-9-27(10-3-1)30-13-8-14-33-36-24-38-34(25-41(36)45-42(30)33)31-11-4-6-15-37(31)43(38)29-20-17-26(18-21-29)28-19-22-40-35(23-28)32-12-5-7-16-39(32)44-40/h1-25H. The van der Waals surface area contributed by atoms with E-state index in [4.69, 9.17) is 4.42 Å². The van der Waals surface area contributed by atoms with Gasteiger partial charge in [0.1, 0.15) is 11.2 Å². The van der Waals surface area contributed by atoms with Crippen molar-refractivity contribution in [2.75, 3.05) is 0 Å². The SMILES string of the molecule is c1ccc(-c2cccc3c2sc2cc4c5ccccc5n(-c5ccc(-c6ccc7oc8ccccc8c7c6)cc5)c4cc23)cc1. The van der Waals surface area contributed by atoms with Gasteiger partial charge in [-0.25, -0.2) is 0 Å². The molecule has 45 heavy (non-hydrogen) atoms. The zero-order valence-corrected chi connectivity index (χ0v) is 25.0. The maximum Gasteiger partial charge on any atom is 0.135 e. The molecule has 0 unspecified atom stereocenters. The summed E-state index contributed by atoms with van der Waals surface area (Å²) < 4.78 is 11.2. The van der Waals surface area contributed by atoms with Crippen LogP contribution in [-0.2, 0) is 0 Å². The zero-order valence-electron chi connectivity index (χ0n) is 24.2. The van der Waals surface area contributed by atoms with Crippen LogP contribution < -0.4 is 0 Å². The summed E-state index contributed by atoms with van der Waals surface area (Å²) in [7, 11) is 0. The van der Waals surface area contributed by atoms with E-state index >= 15 is 0 Å². The van der Waals surface area contributed by atoms with Crippen LogP contribution in [0.2, 0.25) is 0 Å². The number of para-hydroxylation sites is 2. The van der Waals surface area contributed by atoms with Crippen molar-refractivity contribution in [2.45, 2.75) is 0 Å². The number of hydrogen-bond donors (Lipinski definition) is 0. The van der Waals surface area contributed by atoms with Gasteiger partial charge >= 0.3 is 0 Å². The molecule has 0 amide bonds. The van der Waals surface area contributed by atoms with Crippen LogP contribution in [-0.4, -0.2) is 4.57 Å². The molecule has 2 nitrogen and oxygen atoms in total. The second-order valence-corrected chi connectivity index (χ2v) is 12.8. The molecule has 0 aliphatic rings. The van der Waals surface area contributed by atoms with Crippen molar-refractivity contribution in [1.29, 1.82) is 0 Å². The molecule has 0 N–H and O–H groups in total. The number of fused-ring (bicyclic) bond motifs is 9. The lowest BCUT2D eigenvalue weighted by atomic mass is 10.0. The lowest BCUT2D eigenvalue weighted by molar-refractivity contribution is 0.669. The van der Waals surface area contributed by atoms with E-state index in [1.54, 1.807) is 0 Å².